The molecule has 2 atom stereocenters. The highest BCUT2D eigenvalue weighted by Gasteiger charge is 2.35. The molecule has 2 N–H and O–H groups in total. The predicted molar refractivity (Wildman–Crippen MR) is 84.4 cm³/mol. The molecule has 0 aromatic heterocycles. The summed E-state index contributed by atoms with van der Waals surface area (Å²) in [6.07, 6.45) is 0.139. The Morgan fingerprint density at radius 2 is 2.23 bits per heavy atom. The average Bonchev–Trinajstić information content (AvgIpc) is 2.86. The number of rotatable bonds is 5. The maximum Gasteiger partial charge on any atom is 0.308 e. The van der Waals surface area contributed by atoms with E-state index in [9.17, 15) is 14.4 Å². The van der Waals surface area contributed by atoms with Gasteiger partial charge in [0, 0.05) is 29.7 Å². The molecule has 1 fully saturated rings. The summed E-state index contributed by atoms with van der Waals surface area (Å²) in [6.45, 7) is 1.90. The molecule has 7 heteroatoms. The molecule has 0 spiro atoms. The molecular weight excluding hydrogens is 352 g/mol. The standard InChI is InChI=1S/C15H17BrN2O4/c1-9(15(21)22)7-17-14(20)10-5-13(19)18(8-10)12-4-2-3-11(16)6-12/h2-4,6,9-10H,5,7-8H2,1H3,(H,17,20)(H,21,22). The molecule has 0 bridgehead atoms. The second-order valence-corrected chi connectivity index (χ2v) is 6.29. The van der Waals surface area contributed by atoms with Crippen LogP contribution in [0.3, 0.4) is 0 Å². The van der Waals surface area contributed by atoms with Crippen LogP contribution in [0.4, 0.5) is 5.69 Å². The summed E-state index contributed by atoms with van der Waals surface area (Å²) in [7, 11) is 0. The lowest BCUT2D eigenvalue weighted by Crippen LogP contribution is -2.37. The highest BCUT2D eigenvalue weighted by atomic mass is 79.9. The first-order valence-electron chi connectivity index (χ1n) is 6.95. The zero-order valence-electron chi connectivity index (χ0n) is 12.1. The lowest BCUT2D eigenvalue weighted by Gasteiger charge is -2.17. The molecule has 1 saturated heterocycles. The van der Waals surface area contributed by atoms with Gasteiger partial charge in [-0.15, -0.1) is 0 Å². The van der Waals surface area contributed by atoms with Crippen molar-refractivity contribution in [2.24, 2.45) is 11.8 Å². The van der Waals surface area contributed by atoms with Crippen LogP contribution in [0.15, 0.2) is 28.7 Å². The fourth-order valence-corrected chi connectivity index (χ4v) is 2.65. The maximum atomic E-state index is 12.1. The zero-order chi connectivity index (χ0) is 16.3. The van der Waals surface area contributed by atoms with Crippen LogP contribution in [0.5, 0.6) is 0 Å². The van der Waals surface area contributed by atoms with E-state index >= 15 is 0 Å². The Morgan fingerprint density at radius 3 is 2.86 bits per heavy atom. The van der Waals surface area contributed by atoms with Gasteiger partial charge < -0.3 is 15.3 Å². The number of hydrogen-bond acceptors (Lipinski definition) is 3. The Balaban J connectivity index is 1.97. The minimum Gasteiger partial charge on any atom is -0.481 e. The number of halogens is 1. The van der Waals surface area contributed by atoms with Crippen LogP contribution in [-0.2, 0) is 14.4 Å². The molecule has 2 rings (SSSR count). The number of carbonyl (C=O) groups is 3. The van der Waals surface area contributed by atoms with Crippen LogP contribution in [0.1, 0.15) is 13.3 Å². The van der Waals surface area contributed by atoms with E-state index in [1.54, 1.807) is 4.90 Å². The van der Waals surface area contributed by atoms with Gasteiger partial charge >= 0.3 is 5.97 Å². The lowest BCUT2D eigenvalue weighted by molar-refractivity contribution is -0.141. The first kappa shape index (κ1) is 16.5. The number of carboxylic acids is 1. The van der Waals surface area contributed by atoms with Gasteiger partial charge in [0.2, 0.25) is 11.8 Å². The van der Waals surface area contributed by atoms with Crippen molar-refractivity contribution < 1.29 is 19.5 Å². The van der Waals surface area contributed by atoms with Gasteiger partial charge in [0.05, 0.1) is 11.8 Å². The van der Waals surface area contributed by atoms with Crippen molar-refractivity contribution in [1.29, 1.82) is 0 Å². The number of benzene rings is 1. The Morgan fingerprint density at radius 1 is 1.50 bits per heavy atom. The van der Waals surface area contributed by atoms with Crippen molar-refractivity contribution in [3.63, 3.8) is 0 Å². The fourth-order valence-electron chi connectivity index (χ4n) is 2.26. The number of nitrogens with one attached hydrogen (secondary N) is 1. The van der Waals surface area contributed by atoms with E-state index in [2.05, 4.69) is 21.2 Å². The van der Waals surface area contributed by atoms with Gasteiger partial charge in [-0.1, -0.05) is 28.9 Å². The summed E-state index contributed by atoms with van der Waals surface area (Å²) in [5.41, 5.74) is 0.744. The number of hydrogen-bond donors (Lipinski definition) is 2. The van der Waals surface area contributed by atoms with Crippen LogP contribution in [0.2, 0.25) is 0 Å². The first-order chi connectivity index (χ1) is 10.4. The summed E-state index contributed by atoms with van der Waals surface area (Å²) in [5.74, 6) is -2.45. The van der Waals surface area contributed by atoms with Crippen molar-refractivity contribution in [3.05, 3.63) is 28.7 Å². The van der Waals surface area contributed by atoms with Crippen molar-refractivity contribution in [2.75, 3.05) is 18.0 Å². The molecule has 0 radical (unpaired) electrons. The molecule has 0 saturated carbocycles. The average molecular weight is 369 g/mol. The van der Waals surface area contributed by atoms with Crippen molar-refractivity contribution in [2.45, 2.75) is 13.3 Å². The molecule has 1 aromatic rings. The van der Waals surface area contributed by atoms with Gasteiger partial charge in [-0.05, 0) is 18.2 Å². The van der Waals surface area contributed by atoms with Gasteiger partial charge in [-0.25, -0.2) is 0 Å². The quantitative estimate of drug-likeness (QED) is 0.826. The first-order valence-corrected chi connectivity index (χ1v) is 7.74. The van der Waals surface area contributed by atoms with Crippen molar-refractivity contribution >= 4 is 39.4 Å². The smallest absolute Gasteiger partial charge is 0.308 e. The highest BCUT2D eigenvalue weighted by molar-refractivity contribution is 9.10. The second kappa shape index (κ2) is 6.91. The SMILES string of the molecule is CC(CNC(=O)C1CC(=O)N(c2cccc(Br)c2)C1)C(=O)O. The summed E-state index contributed by atoms with van der Waals surface area (Å²) >= 11 is 3.35. The summed E-state index contributed by atoms with van der Waals surface area (Å²) in [6, 6.07) is 7.33. The molecule has 1 aromatic carbocycles. The third-order valence-electron chi connectivity index (χ3n) is 3.62. The van der Waals surface area contributed by atoms with Gasteiger partial charge in [-0.2, -0.15) is 0 Å². The van der Waals surface area contributed by atoms with E-state index in [0.29, 0.717) is 6.54 Å². The van der Waals surface area contributed by atoms with E-state index < -0.39 is 17.8 Å². The van der Waals surface area contributed by atoms with Gasteiger partial charge in [0.1, 0.15) is 0 Å². The monoisotopic (exact) mass is 368 g/mol. The summed E-state index contributed by atoms with van der Waals surface area (Å²) in [4.78, 5) is 36.5. The third kappa shape index (κ3) is 3.85. The fraction of sp³-hybridized carbons (Fsp3) is 0.400. The van der Waals surface area contributed by atoms with E-state index in [4.69, 9.17) is 5.11 Å². The highest BCUT2D eigenvalue weighted by Crippen LogP contribution is 2.27. The Hall–Kier alpha value is -1.89. The third-order valence-corrected chi connectivity index (χ3v) is 4.11. The predicted octanol–water partition coefficient (Wildman–Crippen LogP) is 1.64. The van der Waals surface area contributed by atoms with Gasteiger partial charge in [-0.3, -0.25) is 14.4 Å². The van der Waals surface area contributed by atoms with E-state index in [1.807, 2.05) is 24.3 Å². The van der Waals surface area contributed by atoms with Crippen molar-refractivity contribution in [3.8, 4) is 0 Å². The number of carboxylic acid groups (broad SMARTS) is 1. The Labute approximate surface area is 136 Å². The van der Waals surface area contributed by atoms with Crippen LogP contribution >= 0.6 is 15.9 Å². The molecular formula is C15H17BrN2O4. The molecule has 2 amide bonds. The number of amides is 2. The van der Waals surface area contributed by atoms with Gasteiger partial charge in [0.15, 0.2) is 0 Å². The molecule has 6 nitrogen and oxygen atoms in total. The minimum absolute atomic E-state index is 0.0652. The molecule has 22 heavy (non-hydrogen) atoms. The maximum absolute atomic E-state index is 12.1. The lowest BCUT2D eigenvalue weighted by atomic mass is 10.1. The second-order valence-electron chi connectivity index (χ2n) is 5.37. The normalized spacial score (nSPS) is 19.1. The van der Waals surface area contributed by atoms with Crippen LogP contribution < -0.4 is 10.2 Å². The summed E-state index contributed by atoms with van der Waals surface area (Å²) < 4.78 is 0.862. The largest absolute Gasteiger partial charge is 0.481 e. The molecule has 2 unspecified atom stereocenters. The van der Waals surface area contributed by atoms with Crippen LogP contribution in [0.25, 0.3) is 0 Å². The minimum atomic E-state index is -0.960. The van der Waals surface area contributed by atoms with E-state index in [0.717, 1.165) is 10.2 Å². The van der Waals surface area contributed by atoms with Crippen LogP contribution in [-0.4, -0.2) is 36.0 Å². The molecule has 118 valence electrons. The summed E-state index contributed by atoms with van der Waals surface area (Å²) in [5, 5.41) is 11.4. The Kier molecular flexibility index (Phi) is 5.18. The zero-order valence-corrected chi connectivity index (χ0v) is 13.7. The number of aliphatic carboxylic acids is 1. The number of anilines is 1. The van der Waals surface area contributed by atoms with Crippen LogP contribution in [0, 0.1) is 11.8 Å². The van der Waals surface area contributed by atoms with E-state index in [1.165, 1.54) is 6.92 Å². The molecule has 1 heterocycles. The van der Waals surface area contributed by atoms with E-state index in [-0.39, 0.29) is 24.8 Å². The molecule has 1 aliphatic heterocycles. The van der Waals surface area contributed by atoms with Gasteiger partial charge in [0.25, 0.3) is 0 Å². The number of carbonyl (C=O) groups excluding carboxylic acids is 2. The molecule has 0 aliphatic carbocycles. The van der Waals surface area contributed by atoms with Crippen molar-refractivity contribution in [1.82, 2.24) is 5.32 Å². The molecule has 1 aliphatic rings. The topological polar surface area (TPSA) is 86.7 Å². The Bertz CT molecular complexity index is 605. The number of nitrogens with zero attached hydrogens (tertiary/aromatic N) is 1.